The van der Waals surface area contributed by atoms with E-state index in [1.54, 1.807) is 0 Å². The summed E-state index contributed by atoms with van der Waals surface area (Å²) in [4.78, 5) is 22.0. The fraction of sp³-hybridized carbons (Fsp3) is 0. The van der Waals surface area contributed by atoms with Gasteiger partial charge in [-0.2, -0.15) is 0 Å². The lowest BCUT2D eigenvalue weighted by Crippen LogP contribution is -1.98. The minimum Gasteiger partial charge on any atom is -0.456 e. The molecule has 0 atom stereocenters. The van der Waals surface area contributed by atoms with Gasteiger partial charge in [-0.1, -0.05) is 303 Å². The third-order valence-electron chi connectivity index (χ3n) is 22.3. The Balaban J connectivity index is 0.632. The predicted molar refractivity (Wildman–Crippen MR) is 457 cm³/mol. The van der Waals surface area contributed by atoms with E-state index in [0.29, 0.717) is 11.6 Å². The molecule has 0 aliphatic rings. The van der Waals surface area contributed by atoms with E-state index in [1.807, 2.05) is 24.3 Å². The van der Waals surface area contributed by atoms with Crippen LogP contribution in [0.15, 0.2) is 385 Å². The van der Waals surface area contributed by atoms with E-state index in [2.05, 4.69) is 352 Å². The average molecular weight is 1400 g/mol. The second-order valence-electron chi connectivity index (χ2n) is 28.6. The van der Waals surface area contributed by atoms with E-state index in [4.69, 9.17) is 28.8 Å². The van der Waals surface area contributed by atoms with Crippen LogP contribution in [0, 0.1) is 0 Å². The largest absolute Gasteiger partial charge is 0.456 e. The number of fused-ring (bicyclic) bond motifs is 18. The normalized spacial score (nSPS) is 11.8. The maximum atomic E-state index is 6.71. The lowest BCUT2D eigenvalue weighted by molar-refractivity contribution is 0.668. The summed E-state index contributed by atoms with van der Waals surface area (Å²) in [5.41, 5.74) is 23.4. The van der Waals surface area contributed by atoms with Crippen molar-refractivity contribution in [3.63, 3.8) is 0 Å². The molecule has 18 aromatic carbocycles. The molecule has 0 aliphatic heterocycles. The minimum atomic E-state index is 0.629. The summed E-state index contributed by atoms with van der Waals surface area (Å²) < 4.78 is 13.4. The Morgan fingerprint density at radius 3 is 0.864 bits per heavy atom. The van der Waals surface area contributed by atoms with Crippen LogP contribution >= 0.6 is 0 Å². The number of nitrogens with zero attached hydrogens (tertiary/aromatic N) is 4. The zero-order chi connectivity index (χ0) is 72.3. The highest BCUT2D eigenvalue weighted by atomic mass is 16.3. The first-order valence-electron chi connectivity index (χ1n) is 37.4. The molecule has 4 heterocycles. The standard InChI is InChI=1S/C104H62N4O2/c1-4-21-63(22-5-1)70-27-20-28-72(57-70)94-62-92(68-25-8-3-9-26-68)106-104(108-94)87-54-56-98-102(85-36-17-19-38-96(85)110-98)100(87)74-49-52-82-78-32-13-15-34-80(78)88-58-71(47-50-83(88)90(82)60-74)66-41-39-64(40-42-66)65-43-45-69(46-44-65)93-61-91(67-23-6-2-7-24-67)105-103(107-93)86-53-55-97-101(84-35-16-18-37-95(84)109-97)99(86)73-48-51-81-77-31-11-10-29-75(77)76-30-12-14-33-79(76)89(81)59-73/h1-62H. The van der Waals surface area contributed by atoms with Gasteiger partial charge in [-0.3, -0.25) is 0 Å². The molecule has 4 aromatic heterocycles. The fourth-order valence-corrected chi connectivity index (χ4v) is 17.1. The van der Waals surface area contributed by atoms with E-state index in [9.17, 15) is 0 Å². The lowest BCUT2D eigenvalue weighted by Gasteiger charge is -2.16. The monoisotopic (exact) mass is 1400 g/mol. The molecule has 0 aliphatic carbocycles. The van der Waals surface area contributed by atoms with E-state index in [0.717, 1.165) is 161 Å². The summed E-state index contributed by atoms with van der Waals surface area (Å²) in [6, 6.07) is 134. The number of aromatic nitrogens is 4. The maximum absolute atomic E-state index is 6.71. The molecule has 0 unspecified atom stereocenters. The van der Waals surface area contributed by atoms with Gasteiger partial charge < -0.3 is 8.83 Å². The van der Waals surface area contributed by atoms with Gasteiger partial charge in [0.2, 0.25) is 0 Å². The molecule has 0 bridgehead atoms. The van der Waals surface area contributed by atoms with E-state index < -0.39 is 0 Å². The van der Waals surface area contributed by atoms with Crippen LogP contribution < -0.4 is 0 Å². The molecule has 0 fully saturated rings. The van der Waals surface area contributed by atoms with Crippen LogP contribution in [0.5, 0.6) is 0 Å². The Bertz CT molecular complexity index is 7460. The Kier molecular flexibility index (Phi) is 14.5. The molecule has 0 N–H and O–H groups in total. The number of furan rings is 2. The first kappa shape index (κ1) is 62.6. The summed E-state index contributed by atoms with van der Waals surface area (Å²) >= 11 is 0. The van der Waals surface area contributed by atoms with Crippen molar-refractivity contribution in [1.29, 1.82) is 0 Å². The van der Waals surface area contributed by atoms with Crippen molar-refractivity contribution in [2.45, 2.75) is 0 Å². The topological polar surface area (TPSA) is 77.8 Å². The number of benzene rings is 18. The molecule has 0 radical (unpaired) electrons. The van der Waals surface area contributed by atoms with E-state index in [1.165, 1.54) is 59.2 Å². The van der Waals surface area contributed by atoms with Crippen molar-refractivity contribution in [3.05, 3.63) is 376 Å². The van der Waals surface area contributed by atoms with E-state index >= 15 is 0 Å². The predicted octanol–water partition coefficient (Wildman–Crippen LogP) is 28.3. The van der Waals surface area contributed by atoms with Crippen molar-refractivity contribution < 1.29 is 8.83 Å². The van der Waals surface area contributed by atoms with Crippen molar-refractivity contribution in [3.8, 4) is 123 Å². The highest BCUT2D eigenvalue weighted by Crippen LogP contribution is 2.49. The van der Waals surface area contributed by atoms with Gasteiger partial charge in [0.05, 0.1) is 22.8 Å². The molecule has 6 nitrogen and oxygen atoms in total. The van der Waals surface area contributed by atoms with Crippen LogP contribution in [0.4, 0.5) is 0 Å². The highest BCUT2D eigenvalue weighted by Gasteiger charge is 2.26. The van der Waals surface area contributed by atoms with Gasteiger partial charge in [-0.15, -0.1) is 0 Å². The molecule has 0 spiro atoms. The SMILES string of the molecule is c1ccc(-c2cccc(-c3cc(-c4ccccc4)nc(-c4ccc5oc6ccccc6c5c4-c4ccc5c6ccccc6c6cc(-c7ccc(-c8ccc(-c9cc(-c%10ccccc%10)nc(-c%10ccc%11oc%12ccccc%12c%11c%10-c%10ccc%11c%12ccccc%12c%12ccccc%12c%11c%10)n9)cc8)cc7)ccc6c5c4)n3)c2)cc1. The smallest absolute Gasteiger partial charge is 0.161 e. The molecular weight excluding hydrogens is 1340 g/mol. The molecule has 0 amide bonds. The maximum Gasteiger partial charge on any atom is 0.161 e. The number of para-hydroxylation sites is 2. The Hall–Kier alpha value is -14.7. The third-order valence-corrected chi connectivity index (χ3v) is 22.3. The van der Waals surface area contributed by atoms with Crippen LogP contribution in [0.1, 0.15) is 0 Å². The number of hydrogen-bond acceptors (Lipinski definition) is 6. The highest BCUT2D eigenvalue weighted by molar-refractivity contribution is 6.29. The number of hydrogen-bond donors (Lipinski definition) is 0. The lowest BCUT2D eigenvalue weighted by atomic mass is 9.88. The zero-order valence-electron chi connectivity index (χ0n) is 59.4. The van der Waals surface area contributed by atoms with Gasteiger partial charge in [0.25, 0.3) is 0 Å². The molecule has 22 aromatic rings. The summed E-state index contributed by atoms with van der Waals surface area (Å²) in [6.45, 7) is 0. The molecular formula is C104H62N4O2. The first-order valence-corrected chi connectivity index (χ1v) is 37.4. The first-order chi connectivity index (χ1) is 54.5. The molecule has 510 valence electrons. The minimum absolute atomic E-state index is 0.629. The Morgan fingerprint density at radius 1 is 0.155 bits per heavy atom. The quantitative estimate of drug-likeness (QED) is 0.120. The van der Waals surface area contributed by atoms with Crippen LogP contribution in [0.2, 0.25) is 0 Å². The van der Waals surface area contributed by atoms with Crippen molar-refractivity contribution in [2.24, 2.45) is 0 Å². The van der Waals surface area contributed by atoms with Crippen LogP contribution in [-0.2, 0) is 0 Å². The molecule has 0 saturated heterocycles. The summed E-state index contributed by atoms with van der Waals surface area (Å²) in [5, 5.41) is 18.5. The Morgan fingerprint density at radius 2 is 0.427 bits per heavy atom. The van der Waals surface area contributed by atoms with Gasteiger partial charge in [0, 0.05) is 66.1 Å². The third kappa shape index (κ3) is 10.5. The van der Waals surface area contributed by atoms with Crippen LogP contribution in [0.3, 0.4) is 0 Å². The second-order valence-corrected chi connectivity index (χ2v) is 28.6. The van der Waals surface area contributed by atoms with Crippen molar-refractivity contribution in [2.75, 3.05) is 0 Å². The van der Waals surface area contributed by atoms with Gasteiger partial charge in [0.1, 0.15) is 22.3 Å². The molecule has 6 heteroatoms. The van der Waals surface area contributed by atoms with E-state index in [-0.39, 0.29) is 0 Å². The van der Waals surface area contributed by atoms with Gasteiger partial charge >= 0.3 is 0 Å². The number of rotatable bonds is 11. The van der Waals surface area contributed by atoms with Crippen molar-refractivity contribution >= 4 is 109 Å². The molecule has 110 heavy (non-hydrogen) atoms. The van der Waals surface area contributed by atoms with Gasteiger partial charge in [-0.25, -0.2) is 19.9 Å². The Labute approximate surface area is 632 Å². The summed E-state index contributed by atoms with van der Waals surface area (Å²) in [6.07, 6.45) is 0. The molecule has 22 rings (SSSR count). The van der Waals surface area contributed by atoms with Crippen LogP contribution in [0.25, 0.3) is 232 Å². The van der Waals surface area contributed by atoms with Crippen LogP contribution in [-0.4, -0.2) is 19.9 Å². The summed E-state index contributed by atoms with van der Waals surface area (Å²) in [5.74, 6) is 1.26. The van der Waals surface area contributed by atoms with Crippen molar-refractivity contribution in [1.82, 2.24) is 19.9 Å². The summed E-state index contributed by atoms with van der Waals surface area (Å²) in [7, 11) is 0. The molecule has 0 saturated carbocycles. The van der Waals surface area contributed by atoms with Gasteiger partial charge in [-0.05, 0) is 182 Å². The van der Waals surface area contributed by atoms with Gasteiger partial charge in [0.15, 0.2) is 11.6 Å². The zero-order valence-corrected chi connectivity index (χ0v) is 59.4. The average Bonchev–Trinajstić information content (AvgIpc) is 1.38. The second kappa shape index (κ2) is 25.5. The fourth-order valence-electron chi connectivity index (χ4n) is 17.1.